The third-order valence-corrected chi connectivity index (χ3v) is 3.61. The molecule has 120 valence electrons. The van der Waals surface area contributed by atoms with Crippen molar-refractivity contribution in [2.75, 3.05) is 0 Å². The molecule has 0 amide bonds. The standard InChI is InChI=1S/C13H6N4O7/c18-14-13-9-4-6-3-7(15(19)20)1-2-8(6)12(9)10(16(21)22)5-11(13)17(23)24/h1-5,18H. The molecule has 1 aromatic rings. The third kappa shape index (κ3) is 2.03. The number of hydrogen-bond donors (Lipinski definition) is 1. The van der Waals surface area contributed by atoms with Crippen LogP contribution >= 0.6 is 0 Å². The van der Waals surface area contributed by atoms with Crippen LogP contribution in [0.15, 0.2) is 46.4 Å². The second-order valence-corrected chi connectivity index (χ2v) is 4.84. The predicted octanol–water partition coefficient (Wildman–Crippen LogP) is 1.98. The Morgan fingerprint density at radius 2 is 1.67 bits per heavy atom. The van der Waals surface area contributed by atoms with Crippen molar-refractivity contribution in [1.29, 1.82) is 0 Å². The number of nitro groups is 3. The Labute approximate surface area is 132 Å². The molecule has 11 heteroatoms. The van der Waals surface area contributed by atoms with E-state index in [2.05, 4.69) is 5.16 Å². The maximum absolute atomic E-state index is 11.3. The van der Waals surface area contributed by atoms with Crippen LogP contribution in [0.2, 0.25) is 0 Å². The van der Waals surface area contributed by atoms with E-state index in [0.29, 0.717) is 11.6 Å². The Balaban J connectivity index is 2.33. The first-order valence-electron chi connectivity index (χ1n) is 6.33. The van der Waals surface area contributed by atoms with E-state index in [1.807, 2.05) is 0 Å². The van der Waals surface area contributed by atoms with Crippen molar-refractivity contribution in [3.05, 3.63) is 82.7 Å². The van der Waals surface area contributed by atoms with Gasteiger partial charge >= 0.3 is 5.70 Å². The summed E-state index contributed by atoms with van der Waals surface area (Å²) in [6.07, 6.45) is 1.99. The summed E-state index contributed by atoms with van der Waals surface area (Å²) in [6, 6.07) is 3.67. The summed E-state index contributed by atoms with van der Waals surface area (Å²) in [4.78, 5) is 30.9. The molecule has 1 N–H and O–H groups in total. The zero-order chi connectivity index (χ0) is 17.6. The van der Waals surface area contributed by atoms with E-state index in [9.17, 15) is 30.3 Å². The molecule has 0 bridgehead atoms. The first-order valence-corrected chi connectivity index (χ1v) is 6.33. The molecule has 2 aliphatic carbocycles. The largest absolute Gasteiger partial charge is 0.410 e. The average Bonchev–Trinajstić information content (AvgIpc) is 2.91. The Bertz CT molecular complexity index is 955. The van der Waals surface area contributed by atoms with Crippen LogP contribution < -0.4 is 0 Å². The zero-order valence-electron chi connectivity index (χ0n) is 11.6. The molecule has 11 nitrogen and oxygen atoms in total. The van der Waals surface area contributed by atoms with Crippen LogP contribution in [-0.2, 0) is 0 Å². The minimum absolute atomic E-state index is 0.0169. The smallest absolute Gasteiger partial charge is 0.305 e. The topological polar surface area (TPSA) is 162 Å². The molecule has 1 aromatic carbocycles. The van der Waals surface area contributed by atoms with Gasteiger partial charge in [0.2, 0.25) is 0 Å². The molecule has 0 fully saturated rings. The lowest BCUT2D eigenvalue weighted by Crippen LogP contribution is -2.20. The average molecular weight is 330 g/mol. The number of hydrogen-bond acceptors (Lipinski definition) is 8. The van der Waals surface area contributed by atoms with Gasteiger partial charge in [0.05, 0.1) is 26.4 Å². The zero-order valence-corrected chi connectivity index (χ0v) is 11.6. The summed E-state index contributed by atoms with van der Waals surface area (Å²) < 4.78 is 0. The second-order valence-electron chi connectivity index (χ2n) is 4.84. The maximum atomic E-state index is 11.3. The highest BCUT2D eigenvalue weighted by Gasteiger charge is 2.41. The molecule has 2 aliphatic rings. The number of allylic oxidation sites excluding steroid dienone is 3. The SMILES string of the molecule is O=[N+]([O-])C1=CC([N+](=O)[O-])=C2C(=Cc3cc([N+](=O)[O-])ccc32)C1=NO. The van der Waals surface area contributed by atoms with Gasteiger partial charge in [-0.2, -0.15) is 0 Å². The van der Waals surface area contributed by atoms with Crippen LogP contribution in [0.4, 0.5) is 5.69 Å². The van der Waals surface area contributed by atoms with E-state index in [4.69, 9.17) is 5.21 Å². The molecule has 24 heavy (non-hydrogen) atoms. The van der Waals surface area contributed by atoms with Crippen molar-refractivity contribution in [3.63, 3.8) is 0 Å². The monoisotopic (exact) mass is 330 g/mol. The molecule has 0 atom stereocenters. The van der Waals surface area contributed by atoms with E-state index in [1.165, 1.54) is 24.3 Å². The first kappa shape index (κ1) is 15.0. The lowest BCUT2D eigenvalue weighted by molar-refractivity contribution is -0.428. The molecule has 3 rings (SSSR count). The first-order chi connectivity index (χ1) is 11.3. The summed E-state index contributed by atoms with van der Waals surface area (Å²) in [5.41, 5.74) is -1.42. The number of fused-ring (bicyclic) bond motifs is 3. The highest BCUT2D eigenvalue weighted by atomic mass is 16.6. The van der Waals surface area contributed by atoms with Gasteiger partial charge in [0.15, 0.2) is 5.71 Å². The Kier molecular flexibility index (Phi) is 3.18. The van der Waals surface area contributed by atoms with Crippen molar-refractivity contribution in [2.45, 2.75) is 0 Å². The quantitative estimate of drug-likeness (QED) is 0.503. The van der Waals surface area contributed by atoms with Crippen LogP contribution in [0.1, 0.15) is 11.1 Å². The van der Waals surface area contributed by atoms with Crippen molar-refractivity contribution < 1.29 is 20.0 Å². The third-order valence-electron chi connectivity index (χ3n) is 3.61. The molecule has 0 spiro atoms. The number of nitrogens with zero attached hydrogens (tertiary/aromatic N) is 4. The predicted molar refractivity (Wildman–Crippen MR) is 79.3 cm³/mol. The maximum Gasteiger partial charge on any atom is 0.305 e. The lowest BCUT2D eigenvalue weighted by Gasteiger charge is -2.12. The van der Waals surface area contributed by atoms with Crippen LogP contribution in [0.25, 0.3) is 11.6 Å². The summed E-state index contributed by atoms with van der Waals surface area (Å²) >= 11 is 0. The van der Waals surface area contributed by atoms with Gasteiger partial charge in [0, 0.05) is 17.7 Å². The minimum atomic E-state index is -0.901. The minimum Gasteiger partial charge on any atom is -0.410 e. The number of non-ortho nitro benzene ring substituents is 1. The van der Waals surface area contributed by atoms with Crippen molar-refractivity contribution in [2.24, 2.45) is 5.16 Å². The number of rotatable bonds is 3. The van der Waals surface area contributed by atoms with E-state index < -0.39 is 31.9 Å². The van der Waals surface area contributed by atoms with Gasteiger partial charge in [-0.1, -0.05) is 5.16 Å². The molecule has 0 radical (unpaired) electrons. The Morgan fingerprint density at radius 3 is 2.21 bits per heavy atom. The summed E-state index contributed by atoms with van der Waals surface area (Å²) in [5.74, 6) is 0. The fourth-order valence-electron chi connectivity index (χ4n) is 2.64. The van der Waals surface area contributed by atoms with E-state index in [-0.39, 0.29) is 22.4 Å². The number of benzene rings is 1. The molecule has 0 aliphatic heterocycles. The van der Waals surface area contributed by atoms with Gasteiger partial charge in [-0.25, -0.2) is 0 Å². The van der Waals surface area contributed by atoms with Crippen LogP contribution in [0.3, 0.4) is 0 Å². The van der Waals surface area contributed by atoms with Crippen LogP contribution in [0.5, 0.6) is 0 Å². The van der Waals surface area contributed by atoms with Crippen molar-refractivity contribution >= 4 is 23.0 Å². The van der Waals surface area contributed by atoms with E-state index >= 15 is 0 Å². The lowest BCUT2D eigenvalue weighted by atomic mass is 9.91. The molecule has 0 saturated heterocycles. The van der Waals surface area contributed by atoms with Crippen molar-refractivity contribution in [3.8, 4) is 0 Å². The summed E-state index contributed by atoms with van der Waals surface area (Å²) in [5, 5.41) is 45.2. The fourth-order valence-corrected chi connectivity index (χ4v) is 2.64. The van der Waals surface area contributed by atoms with Crippen LogP contribution in [0, 0.1) is 30.3 Å². The van der Waals surface area contributed by atoms with Gasteiger partial charge in [-0.15, -0.1) is 0 Å². The normalized spacial score (nSPS) is 17.1. The van der Waals surface area contributed by atoms with Crippen molar-refractivity contribution in [1.82, 2.24) is 0 Å². The summed E-state index contributed by atoms with van der Waals surface area (Å²) in [6.45, 7) is 0. The second kappa shape index (κ2) is 5.08. The van der Waals surface area contributed by atoms with Gasteiger partial charge in [0.25, 0.3) is 11.4 Å². The molecular weight excluding hydrogens is 324 g/mol. The van der Waals surface area contributed by atoms with Crippen LogP contribution in [-0.4, -0.2) is 25.7 Å². The number of oxime groups is 1. The van der Waals surface area contributed by atoms with Gasteiger partial charge in [-0.05, 0) is 23.3 Å². The molecular formula is C13H6N4O7. The Hall–Kier alpha value is -3.89. The highest BCUT2D eigenvalue weighted by Crippen LogP contribution is 2.43. The fraction of sp³-hybridized carbons (Fsp3) is 0. The molecule has 0 aromatic heterocycles. The van der Waals surface area contributed by atoms with Gasteiger partial charge in [0.1, 0.15) is 0 Å². The van der Waals surface area contributed by atoms with Gasteiger partial charge < -0.3 is 5.21 Å². The van der Waals surface area contributed by atoms with E-state index in [0.717, 1.165) is 0 Å². The van der Waals surface area contributed by atoms with Gasteiger partial charge in [-0.3, -0.25) is 30.3 Å². The molecule has 0 saturated carbocycles. The Morgan fingerprint density at radius 1 is 0.958 bits per heavy atom. The van der Waals surface area contributed by atoms with E-state index in [1.54, 1.807) is 0 Å². The summed E-state index contributed by atoms with van der Waals surface area (Å²) in [7, 11) is 0. The highest BCUT2D eigenvalue weighted by molar-refractivity contribution is 6.27. The molecule has 0 heterocycles. The number of nitro benzene ring substituents is 1. The molecule has 0 unspecified atom stereocenters.